The Morgan fingerprint density at radius 1 is 1.20 bits per heavy atom. The molecule has 7 heteroatoms. The predicted molar refractivity (Wildman–Crippen MR) is 101 cm³/mol. The van der Waals surface area contributed by atoms with Gasteiger partial charge in [0.2, 0.25) is 0 Å². The maximum atomic E-state index is 12.2. The number of nitrogens with one attached hydrogen (secondary N) is 2. The van der Waals surface area contributed by atoms with E-state index in [0.717, 1.165) is 23.6 Å². The molecule has 1 heterocycles. The summed E-state index contributed by atoms with van der Waals surface area (Å²) >= 11 is 5.99. The number of nitrogens with zero attached hydrogens (tertiary/aromatic N) is 3. The summed E-state index contributed by atoms with van der Waals surface area (Å²) in [5, 5.41) is 6.83. The highest BCUT2D eigenvalue weighted by Gasteiger charge is 2.10. The molecule has 0 saturated heterocycles. The topological polar surface area (TPSA) is 70.2 Å². The fraction of sp³-hybridized carbons (Fsp3) is 0.389. The van der Waals surface area contributed by atoms with Crippen molar-refractivity contribution in [3.05, 3.63) is 52.4 Å². The normalized spacial score (nSPS) is 10.8. The van der Waals surface area contributed by atoms with Crippen LogP contribution in [-0.2, 0) is 6.42 Å². The molecule has 0 saturated carbocycles. The molecule has 0 fully saturated rings. The van der Waals surface area contributed by atoms with E-state index in [0.29, 0.717) is 30.4 Å². The third kappa shape index (κ3) is 6.68. The van der Waals surface area contributed by atoms with Crippen LogP contribution >= 0.6 is 11.6 Å². The number of benzene rings is 1. The second-order valence-electron chi connectivity index (χ2n) is 6.05. The molecule has 134 valence electrons. The van der Waals surface area contributed by atoms with Crippen LogP contribution in [0.5, 0.6) is 0 Å². The van der Waals surface area contributed by atoms with Gasteiger partial charge in [0, 0.05) is 30.7 Å². The molecular weight excluding hydrogens is 338 g/mol. The number of halogens is 1. The van der Waals surface area contributed by atoms with Gasteiger partial charge in [-0.3, -0.25) is 4.79 Å². The molecular formula is C18H24ClN5O. The highest BCUT2D eigenvalue weighted by atomic mass is 35.5. The molecule has 25 heavy (non-hydrogen) atoms. The van der Waals surface area contributed by atoms with Crippen molar-refractivity contribution in [3.8, 4) is 0 Å². The SMILES string of the molecule is Cc1nc(NCCc2cccc(Cl)c2)cc(C(=O)NCCN(C)C)n1. The maximum absolute atomic E-state index is 12.2. The quantitative estimate of drug-likeness (QED) is 0.755. The van der Waals surface area contributed by atoms with Crippen molar-refractivity contribution in [2.24, 2.45) is 0 Å². The Kier molecular flexibility index (Phi) is 7.16. The molecule has 0 radical (unpaired) electrons. The Bertz CT molecular complexity index is 720. The van der Waals surface area contributed by atoms with Crippen molar-refractivity contribution < 1.29 is 4.79 Å². The van der Waals surface area contributed by atoms with E-state index in [1.807, 2.05) is 43.3 Å². The fourth-order valence-electron chi connectivity index (χ4n) is 2.29. The summed E-state index contributed by atoms with van der Waals surface area (Å²) < 4.78 is 0. The molecule has 1 aromatic carbocycles. The van der Waals surface area contributed by atoms with Gasteiger partial charge in [0.25, 0.3) is 5.91 Å². The van der Waals surface area contributed by atoms with Crippen LogP contribution in [0, 0.1) is 6.92 Å². The standard InChI is InChI=1S/C18H24ClN5O/c1-13-22-16(18(25)21-9-10-24(2)3)12-17(23-13)20-8-7-14-5-4-6-15(19)11-14/h4-6,11-12H,7-10H2,1-3H3,(H,21,25)(H,20,22,23). The molecule has 6 nitrogen and oxygen atoms in total. The van der Waals surface area contributed by atoms with E-state index in [1.165, 1.54) is 0 Å². The lowest BCUT2D eigenvalue weighted by Gasteiger charge is -2.11. The third-order valence-corrected chi connectivity index (χ3v) is 3.76. The molecule has 0 bridgehead atoms. The third-order valence-electron chi connectivity index (χ3n) is 3.52. The Morgan fingerprint density at radius 3 is 2.72 bits per heavy atom. The van der Waals surface area contributed by atoms with Crippen LogP contribution in [0.25, 0.3) is 0 Å². The van der Waals surface area contributed by atoms with Crippen molar-refractivity contribution in [1.82, 2.24) is 20.2 Å². The van der Waals surface area contributed by atoms with Gasteiger partial charge in [-0.2, -0.15) is 0 Å². The number of carbonyl (C=O) groups excluding carboxylic acids is 1. The van der Waals surface area contributed by atoms with E-state index in [-0.39, 0.29) is 5.91 Å². The predicted octanol–water partition coefficient (Wildman–Crippen LogP) is 2.38. The van der Waals surface area contributed by atoms with Gasteiger partial charge in [-0.25, -0.2) is 9.97 Å². The molecule has 0 aliphatic heterocycles. The Hall–Kier alpha value is -2.18. The molecule has 0 spiro atoms. The zero-order valence-electron chi connectivity index (χ0n) is 14.8. The van der Waals surface area contributed by atoms with Gasteiger partial charge in [-0.15, -0.1) is 0 Å². The van der Waals surface area contributed by atoms with E-state index in [4.69, 9.17) is 11.6 Å². The Balaban J connectivity index is 1.92. The Labute approximate surface area is 153 Å². The minimum absolute atomic E-state index is 0.190. The molecule has 1 aromatic heterocycles. The van der Waals surface area contributed by atoms with Crippen molar-refractivity contribution in [2.75, 3.05) is 39.0 Å². The average Bonchev–Trinajstić information content (AvgIpc) is 2.54. The minimum atomic E-state index is -0.190. The molecule has 0 atom stereocenters. The van der Waals surface area contributed by atoms with Crippen LogP contribution in [0.15, 0.2) is 30.3 Å². The number of rotatable bonds is 8. The van der Waals surface area contributed by atoms with Crippen LogP contribution < -0.4 is 10.6 Å². The minimum Gasteiger partial charge on any atom is -0.370 e. The zero-order chi connectivity index (χ0) is 18.2. The first-order chi connectivity index (χ1) is 11.9. The van der Waals surface area contributed by atoms with Gasteiger partial charge >= 0.3 is 0 Å². The number of carbonyl (C=O) groups is 1. The monoisotopic (exact) mass is 361 g/mol. The van der Waals surface area contributed by atoms with E-state index in [1.54, 1.807) is 13.0 Å². The highest BCUT2D eigenvalue weighted by Crippen LogP contribution is 2.12. The van der Waals surface area contributed by atoms with Crippen molar-refractivity contribution in [1.29, 1.82) is 0 Å². The summed E-state index contributed by atoms with van der Waals surface area (Å²) in [6.07, 6.45) is 0.813. The first-order valence-corrected chi connectivity index (χ1v) is 8.59. The largest absolute Gasteiger partial charge is 0.370 e. The van der Waals surface area contributed by atoms with Crippen molar-refractivity contribution in [3.63, 3.8) is 0 Å². The first-order valence-electron chi connectivity index (χ1n) is 8.21. The average molecular weight is 362 g/mol. The second kappa shape index (κ2) is 9.34. The van der Waals surface area contributed by atoms with Gasteiger partial charge in [-0.05, 0) is 45.1 Å². The fourth-order valence-corrected chi connectivity index (χ4v) is 2.50. The van der Waals surface area contributed by atoms with Crippen molar-refractivity contribution >= 4 is 23.3 Å². The highest BCUT2D eigenvalue weighted by molar-refractivity contribution is 6.30. The van der Waals surface area contributed by atoms with E-state index < -0.39 is 0 Å². The van der Waals surface area contributed by atoms with Crippen LogP contribution in [0.4, 0.5) is 5.82 Å². The molecule has 2 rings (SSSR count). The first kappa shape index (κ1) is 19.1. The van der Waals surface area contributed by atoms with Gasteiger partial charge in [0.05, 0.1) is 0 Å². The zero-order valence-corrected chi connectivity index (χ0v) is 15.6. The molecule has 2 N–H and O–H groups in total. The summed E-state index contributed by atoms with van der Waals surface area (Å²) in [6, 6.07) is 9.44. The Morgan fingerprint density at radius 2 is 2.00 bits per heavy atom. The van der Waals surface area contributed by atoms with Gasteiger partial charge in [-0.1, -0.05) is 23.7 Å². The van der Waals surface area contributed by atoms with E-state index in [9.17, 15) is 4.79 Å². The molecule has 0 unspecified atom stereocenters. The maximum Gasteiger partial charge on any atom is 0.270 e. The van der Waals surface area contributed by atoms with Crippen LogP contribution in [0.2, 0.25) is 5.02 Å². The lowest BCUT2D eigenvalue weighted by Crippen LogP contribution is -2.32. The second-order valence-corrected chi connectivity index (χ2v) is 6.49. The van der Waals surface area contributed by atoms with Crippen LogP contribution in [0.3, 0.4) is 0 Å². The lowest BCUT2D eigenvalue weighted by molar-refractivity contribution is 0.0945. The summed E-state index contributed by atoms with van der Waals surface area (Å²) in [5.74, 6) is 1.02. The summed E-state index contributed by atoms with van der Waals surface area (Å²) in [5.41, 5.74) is 1.52. The summed E-state index contributed by atoms with van der Waals surface area (Å²) in [7, 11) is 3.92. The number of likely N-dealkylation sites (N-methyl/N-ethyl adjacent to an activating group) is 1. The molecule has 2 aromatic rings. The van der Waals surface area contributed by atoms with Crippen molar-refractivity contribution in [2.45, 2.75) is 13.3 Å². The number of amides is 1. The lowest BCUT2D eigenvalue weighted by atomic mass is 10.1. The molecule has 1 amide bonds. The van der Waals surface area contributed by atoms with Gasteiger partial charge < -0.3 is 15.5 Å². The van der Waals surface area contributed by atoms with Crippen LogP contribution in [-0.4, -0.2) is 54.5 Å². The number of hydrogen-bond acceptors (Lipinski definition) is 5. The van der Waals surface area contributed by atoms with Crippen LogP contribution in [0.1, 0.15) is 21.9 Å². The van der Waals surface area contributed by atoms with E-state index >= 15 is 0 Å². The number of aryl methyl sites for hydroxylation is 1. The number of aromatic nitrogens is 2. The molecule has 0 aliphatic carbocycles. The number of anilines is 1. The van der Waals surface area contributed by atoms with Gasteiger partial charge in [0.1, 0.15) is 17.3 Å². The van der Waals surface area contributed by atoms with E-state index in [2.05, 4.69) is 20.6 Å². The molecule has 0 aliphatic rings. The summed E-state index contributed by atoms with van der Waals surface area (Å²) in [6.45, 7) is 3.82. The smallest absolute Gasteiger partial charge is 0.270 e. The van der Waals surface area contributed by atoms with Gasteiger partial charge in [0.15, 0.2) is 0 Å². The number of hydrogen-bond donors (Lipinski definition) is 2. The summed E-state index contributed by atoms with van der Waals surface area (Å²) in [4.78, 5) is 22.8.